The first-order valence-corrected chi connectivity index (χ1v) is 5.73. The van der Waals surface area contributed by atoms with Crippen LogP contribution < -0.4 is 5.73 Å². The van der Waals surface area contributed by atoms with Crippen molar-refractivity contribution in [2.24, 2.45) is 5.73 Å². The van der Waals surface area contributed by atoms with Gasteiger partial charge >= 0.3 is 0 Å². The molecule has 0 aliphatic carbocycles. The lowest BCUT2D eigenvalue weighted by Crippen LogP contribution is -2.32. The first-order chi connectivity index (χ1) is 7.33. The maximum atomic E-state index is 6.15. The highest BCUT2D eigenvalue weighted by molar-refractivity contribution is 5.13. The van der Waals surface area contributed by atoms with E-state index >= 15 is 0 Å². The molecule has 2 N–H and O–H groups in total. The zero-order valence-electron chi connectivity index (χ0n) is 9.26. The summed E-state index contributed by atoms with van der Waals surface area (Å²) in [5, 5.41) is 0. The van der Waals surface area contributed by atoms with Crippen LogP contribution in [0.2, 0.25) is 0 Å². The summed E-state index contributed by atoms with van der Waals surface area (Å²) in [7, 11) is 0. The third kappa shape index (κ3) is 2.19. The van der Waals surface area contributed by atoms with Crippen molar-refractivity contribution in [1.29, 1.82) is 0 Å². The number of aromatic nitrogens is 1. The van der Waals surface area contributed by atoms with E-state index in [2.05, 4.69) is 22.9 Å². The molecule has 0 bridgehead atoms. The topological polar surface area (TPSA) is 42.1 Å². The highest BCUT2D eigenvalue weighted by atomic mass is 15.2. The second-order valence-corrected chi connectivity index (χ2v) is 4.19. The van der Waals surface area contributed by atoms with Crippen molar-refractivity contribution in [3.63, 3.8) is 0 Å². The molecule has 0 saturated carbocycles. The molecule has 1 aliphatic heterocycles. The number of hydrogen-bond donors (Lipinski definition) is 1. The van der Waals surface area contributed by atoms with E-state index in [1.807, 2.05) is 18.3 Å². The first kappa shape index (κ1) is 10.6. The summed E-state index contributed by atoms with van der Waals surface area (Å²) in [5.74, 6) is 0. The Hall–Kier alpha value is -0.930. The molecule has 1 aromatic rings. The summed E-state index contributed by atoms with van der Waals surface area (Å²) in [6, 6.07) is 6.64. The van der Waals surface area contributed by atoms with Gasteiger partial charge in [0.25, 0.3) is 0 Å². The number of nitrogens with two attached hydrogens (primary N) is 1. The quantitative estimate of drug-likeness (QED) is 0.814. The van der Waals surface area contributed by atoms with E-state index in [0.717, 1.165) is 25.2 Å². The summed E-state index contributed by atoms with van der Waals surface area (Å²) < 4.78 is 0. The van der Waals surface area contributed by atoms with Crippen molar-refractivity contribution in [3.05, 3.63) is 30.1 Å². The Morgan fingerprint density at radius 1 is 1.53 bits per heavy atom. The molecule has 0 unspecified atom stereocenters. The smallest absolute Gasteiger partial charge is 0.0674 e. The van der Waals surface area contributed by atoms with Crippen LogP contribution in [0.1, 0.15) is 31.5 Å². The highest BCUT2D eigenvalue weighted by Gasteiger charge is 2.32. The van der Waals surface area contributed by atoms with Gasteiger partial charge < -0.3 is 5.73 Å². The molecule has 2 heterocycles. The fourth-order valence-electron chi connectivity index (χ4n) is 2.38. The zero-order valence-corrected chi connectivity index (χ0v) is 9.26. The third-order valence-corrected chi connectivity index (χ3v) is 3.05. The molecule has 82 valence electrons. The van der Waals surface area contributed by atoms with Crippen molar-refractivity contribution < 1.29 is 0 Å². The van der Waals surface area contributed by atoms with E-state index in [0.29, 0.717) is 6.04 Å². The van der Waals surface area contributed by atoms with Crippen LogP contribution in [-0.2, 0) is 0 Å². The van der Waals surface area contributed by atoms with Crippen LogP contribution in [0.3, 0.4) is 0 Å². The average Bonchev–Trinajstić information content (AvgIpc) is 2.62. The minimum Gasteiger partial charge on any atom is -0.326 e. The third-order valence-electron chi connectivity index (χ3n) is 3.05. The molecular weight excluding hydrogens is 186 g/mol. The Morgan fingerprint density at radius 3 is 3.07 bits per heavy atom. The van der Waals surface area contributed by atoms with E-state index in [9.17, 15) is 0 Å². The molecular formula is C12H19N3. The summed E-state index contributed by atoms with van der Waals surface area (Å²) in [6.07, 6.45) is 4.11. The molecule has 1 aromatic heterocycles. The number of hydrogen-bond acceptors (Lipinski definition) is 3. The van der Waals surface area contributed by atoms with Gasteiger partial charge in [0, 0.05) is 18.8 Å². The molecule has 1 fully saturated rings. The maximum absolute atomic E-state index is 6.15. The average molecular weight is 205 g/mol. The minimum atomic E-state index is 0.242. The van der Waals surface area contributed by atoms with Gasteiger partial charge in [0.1, 0.15) is 0 Å². The van der Waals surface area contributed by atoms with E-state index in [-0.39, 0.29) is 6.04 Å². The molecule has 3 heteroatoms. The van der Waals surface area contributed by atoms with E-state index < -0.39 is 0 Å². The molecule has 0 radical (unpaired) electrons. The van der Waals surface area contributed by atoms with Crippen LogP contribution in [0.15, 0.2) is 24.4 Å². The van der Waals surface area contributed by atoms with Crippen molar-refractivity contribution >= 4 is 0 Å². The highest BCUT2D eigenvalue weighted by Crippen LogP contribution is 2.29. The number of pyridine rings is 1. The lowest BCUT2D eigenvalue weighted by atomic mass is 10.1. The second-order valence-electron chi connectivity index (χ2n) is 4.19. The Labute approximate surface area is 91.3 Å². The minimum absolute atomic E-state index is 0.242. The van der Waals surface area contributed by atoms with Crippen LogP contribution >= 0.6 is 0 Å². The number of nitrogens with zero attached hydrogens (tertiary/aromatic N) is 2. The summed E-state index contributed by atoms with van der Waals surface area (Å²) in [5.41, 5.74) is 7.27. The summed E-state index contributed by atoms with van der Waals surface area (Å²) in [6.45, 7) is 4.44. The van der Waals surface area contributed by atoms with Crippen molar-refractivity contribution in [3.8, 4) is 0 Å². The predicted octanol–water partition coefficient (Wildman–Crippen LogP) is 1.57. The van der Waals surface area contributed by atoms with E-state index in [1.165, 1.54) is 6.42 Å². The standard InChI is InChI=1S/C12H19N3/c1-2-8-15-9-6-10(13)12(15)11-5-3-4-7-14-11/h3-5,7,10,12H,2,6,8-9,13H2,1H3/t10-,12-/m0/s1. The zero-order chi connectivity index (χ0) is 10.7. The lowest BCUT2D eigenvalue weighted by molar-refractivity contribution is 0.244. The van der Waals surface area contributed by atoms with Gasteiger partial charge in [0.15, 0.2) is 0 Å². The molecule has 0 spiro atoms. The Morgan fingerprint density at radius 2 is 2.40 bits per heavy atom. The van der Waals surface area contributed by atoms with Gasteiger partial charge in [-0.1, -0.05) is 13.0 Å². The van der Waals surface area contributed by atoms with Gasteiger partial charge in [-0.2, -0.15) is 0 Å². The van der Waals surface area contributed by atoms with Gasteiger partial charge in [0.2, 0.25) is 0 Å². The van der Waals surface area contributed by atoms with Crippen LogP contribution in [0, 0.1) is 0 Å². The van der Waals surface area contributed by atoms with Crippen LogP contribution in [0.4, 0.5) is 0 Å². The molecule has 3 nitrogen and oxygen atoms in total. The van der Waals surface area contributed by atoms with Gasteiger partial charge in [-0.25, -0.2) is 0 Å². The Kier molecular flexibility index (Phi) is 3.34. The molecule has 1 saturated heterocycles. The summed E-state index contributed by atoms with van der Waals surface area (Å²) >= 11 is 0. The van der Waals surface area contributed by atoms with Crippen molar-refractivity contribution in [2.45, 2.75) is 31.8 Å². The first-order valence-electron chi connectivity index (χ1n) is 5.73. The van der Waals surface area contributed by atoms with Crippen LogP contribution in [-0.4, -0.2) is 29.0 Å². The lowest BCUT2D eigenvalue weighted by Gasteiger charge is -2.25. The number of likely N-dealkylation sites (tertiary alicyclic amines) is 1. The van der Waals surface area contributed by atoms with E-state index in [1.54, 1.807) is 0 Å². The van der Waals surface area contributed by atoms with Crippen molar-refractivity contribution in [2.75, 3.05) is 13.1 Å². The van der Waals surface area contributed by atoms with Crippen LogP contribution in [0.25, 0.3) is 0 Å². The van der Waals surface area contributed by atoms with E-state index in [4.69, 9.17) is 5.73 Å². The molecule has 15 heavy (non-hydrogen) atoms. The largest absolute Gasteiger partial charge is 0.326 e. The SMILES string of the molecule is CCCN1CC[C@H](N)[C@H]1c1ccccn1. The van der Waals surface area contributed by atoms with Gasteiger partial charge in [-0.05, 0) is 31.5 Å². The molecule has 0 aromatic carbocycles. The fourth-order valence-corrected chi connectivity index (χ4v) is 2.38. The number of rotatable bonds is 3. The molecule has 1 aliphatic rings. The molecule has 0 amide bonds. The van der Waals surface area contributed by atoms with Gasteiger partial charge in [-0.15, -0.1) is 0 Å². The van der Waals surface area contributed by atoms with Gasteiger partial charge in [-0.3, -0.25) is 9.88 Å². The fraction of sp³-hybridized carbons (Fsp3) is 0.583. The monoisotopic (exact) mass is 205 g/mol. The molecule has 2 atom stereocenters. The normalized spacial score (nSPS) is 27.1. The van der Waals surface area contributed by atoms with Gasteiger partial charge in [0.05, 0.1) is 11.7 Å². The summed E-state index contributed by atoms with van der Waals surface area (Å²) in [4.78, 5) is 6.87. The Bertz CT molecular complexity index is 297. The maximum Gasteiger partial charge on any atom is 0.0674 e. The predicted molar refractivity (Wildman–Crippen MR) is 61.4 cm³/mol. The Balaban J connectivity index is 2.17. The molecule has 2 rings (SSSR count). The second kappa shape index (κ2) is 4.73. The van der Waals surface area contributed by atoms with Crippen LogP contribution in [0.5, 0.6) is 0 Å². The van der Waals surface area contributed by atoms with Crippen molar-refractivity contribution in [1.82, 2.24) is 9.88 Å².